The lowest BCUT2D eigenvalue weighted by Gasteiger charge is -2.35. The normalized spacial score (nSPS) is 14.7. The molecule has 0 atom stereocenters. The van der Waals surface area contributed by atoms with E-state index in [-0.39, 0.29) is 5.75 Å². The highest BCUT2D eigenvalue weighted by molar-refractivity contribution is 7.92. The Morgan fingerprint density at radius 2 is 1.74 bits per heavy atom. The summed E-state index contributed by atoms with van der Waals surface area (Å²) in [6.07, 6.45) is 4.27. The number of likely N-dealkylation sites (N-methyl/N-ethyl adjacent to an activating group) is 1. The summed E-state index contributed by atoms with van der Waals surface area (Å²) in [6, 6.07) is 9.63. The molecule has 1 aliphatic heterocycles. The standard InChI is InChI=1S/C17H21N3O2S/c1-3-14-4-6-15(7-5-14)13-23(21,22)20-11-10-19(2)16-8-9-18-12-17(16)20/h4-9,12H,3,10-11,13H2,1-2H3. The van der Waals surface area contributed by atoms with Gasteiger partial charge in [-0.2, -0.15) is 0 Å². The highest BCUT2D eigenvalue weighted by Crippen LogP contribution is 2.33. The molecule has 0 spiro atoms. The number of rotatable bonds is 4. The largest absolute Gasteiger partial charge is 0.371 e. The van der Waals surface area contributed by atoms with Crippen LogP contribution < -0.4 is 9.21 Å². The van der Waals surface area contributed by atoms with Gasteiger partial charge in [-0.25, -0.2) is 8.42 Å². The lowest BCUT2D eigenvalue weighted by Crippen LogP contribution is -2.43. The summed E-state index contributed by atoms with van der Waals surface area (Å²) in [5, 5.41) is 0. The summed E-state index contributed by atoms with van der Waals surface area (Å²) in [7, 11) is -1.46. The predicted molar refractivity (Wildman–Crippen MR) is 93.3 cm³/mol. The summed E-state index contributed by atoms with van der Waals surface area (Å²) in [5.41, 5.74) is 3.58. The molecule has 1 aliphatic rings. The van der Waals surface area contributed by atoms with Crippen LogP contribution in [0.2, 0.25) is 0 Å². The van der Waals surface area contributed by atoms with E-state index in [1.54, 1.807) is 12.4 Å². The maximum Gasteiger partial charge on any atom is 0.239 e. The van der Waals surface area contributed by atoms with Crippen LogP contribution in [0.5, 0.6) is 0 Å². The van der Waals surface area contributed by atoms with Gasteiger partial charge in [0.2, 0.25) is 10.0 Å². The molecule has 0 saturated heterocycles. The van der Waals surface area contributed by atoms with Gasteiger partial charge < -0.3 is 4.90 Å². The van der Waals surface area contributed by atoms with Crippen molar-refractivity contribution in [3.8, 4) is 0 Å². The first-order chi connectivity index (χ1) is 11.0. The molecule has 0 bridgehead atoms. The van der Waals surface area contributed by atoms with Crippen LogP contribution in [0.1, 0.15) is 18.1 Å². The van der Waals surface area contributed by atoms with Gasteiger partial charge in [-0.1, -0.05) is 31.2 Å². The van der Waals surface area contributed by atoms with Crippen molar-refractivity contribution >= 4 is 21.4 Å². The minimum absolute atomic E-state index is 0.00897. The van der Waals surface area contributed by atoms with Gasteiger partial charge in [0.1, 0.15) is 0 Å². The Labute approximate surface area is 137 Å². The van der Waals surface area contributed by atoms with E-state index in [1.807, 2.05) is 37.4 Å². The third-order valence-corrected chi connectivity index (χ3v) is 5.96. The summed E-state index contributed by atoms with van der Waals surface area (Å²) < 4.78 is 27.2. The topological polar surface area (TPSA) is 53.5 Å². The molecule has 2 aromatic rings. The van der Waals surface area contributed by atoms with Gasteiger partial charge in [0, 0.05) is 19.8 Å². The van der Waals surface area contributed by atoms with Crippen molar-refractivity contribution in [1.82, 2.24) is 4.98 Å². The second-order valence-corrected chi connectivity index (χ2v) is 7.68. The van der Waals surface area contributed by atoms with E-state index in [2.05, 4.69) is 16.8 Å². The van der Waals surface area contributed by atoms with Crippen LogP contribution in [0, 0.1) is 0 Å². The molecule has 0 radical (unpaired) electrons. The van der Waals surface area contributed by atoms with Crippen molar-refractivity contribution in [3.63, 3.8) is 0 Å². The van der Waals surface area contributed by atoms with Gasteiger partial charge in [-0.3, -0.25) is 9.29 Å². The molecule has 5 nitrogen and oxygen atoms in total. The van der Waals surface area contributed by atoms with E-state index in [1.165, 1.54) is 9.87 Å². The Hall–Kier alpha value is -2.08. The Kier molecular flexibility index (Phi) is 4.26. The molecule has 122 valence electrons. The highest BCUT2D eigenvalue weighted by Gasteiger charge is 2.29. The van der Waals surface area contributed by atoms with E-state index < -0.39 is 10.0 Å². The fourth-order valence-corrected chi connectivity index (χ4v) is 4.39. The molecule has 0 aliphatic carbocycles. The van der Waals surface area contributed by atoms with Crippen molar-refractivity contribution in [3.05, 3.63) is 53.9 Å². The molecule has 0 unspecified atom stereocenters. The molecule has 0 amide bonds. The van der Waals surface area contributed by atoms with Gasteiger partial charge in [-0.15, -0.1) is 0 Å². The first-order valence-corrected chi connectivity index (χ1v) is 9.35. The number of aromatic nitrogens is 1. The maximum atomic E-state index is 12.9. The Balaban J connectivity index is 1.89. The number of hydrogen-bond acceptors (Lipinski definition) is 4. The minimum atomic E-state index is -3.43. The molecule has 6 heteroatoms. The summed E-state index contributed by atoms with van der Waals surface area (Å²) in [5.74, 6) is 0.00897. The van der Waals surface area contributed by atoms with Crippen molar-refractivity contribution in [2.45, 2.75) is 19.1 Å². The van der Waals surface area contributed by atoms with Gasteiger partial charge >= 0.3 is 0 Å². The van der Waals surface area contributed by atoms with Gasteiger partial charge in [0.05, 0.1) is 29.9 Å². The fraction of sp³-hybridized carbons (Fsp3) is 0.353. The van der Waals surface area contributed by atoms with E-state index in [0.717, 1.165) is 17.7 Å². The first kappa shape index (κ1) is 15.8. The lowest BCUT2D eigenvalue weighted by atomic mass is 10.1. The Morgan fingerprint density at radius 3 is 2.43 bits per heavy atom. The van der Waals surface area contributed by atoms with E-state index in [9.17, 15) is 8.42 Å². The van der Waals surface area contributed by atoms with Crippen molar-refractivity contribution in [2.24, 2.45) is 0 Å². The predicted octanol–water partition coefficient (Wildman–Crippen LogP) is 2.43. The maximum absolute atomic E-state index is 12.9. The van der Waals surface area contributed by atoms with Crippen LogP contribution in [0.15, 0.2) is 42.7 Å². The summed E-state index contributed by atoms with van der Waals surface area (Å²) in [6.45, 7) is 3.20. The van der Waals surface area contributed by atoms with Gasteiger partial charge in [0.25, 0.3) is 0 Å². The number of anilines is 2. The molecule has 0 fully saturated rings. The zero-order chi connectivity index (χ0) is 16.4. The fourth-order valence-electron chi connectivity index (χ4n) is 2.82. The third kappa shape index (κ3) is 3.17. The first-order valence-electron chi connectivity index (χ1n) is 7.74. The van der Waals surface area contributed by atoms with E-state index >= 15 is 0 Å². The Morgan fingerprint density at radius 1 is 1.04 bits per heavy atom. The van der Waals surface area contributed by atoms with Crippen LogP contribution in [0.4, 0.5) is 11.4 Å². The zero-order valence-corrected chi connectivity index (χ0v) is 14.3. The molecule has 0 N–H and O–H groups in total. The molecular weight excluding hydrogens is 310 g/mol. The van der Waals surface area contributed by atoms with Crippen molar-refractivity contribution < 1.29 is 8.42 Å². The minimum Gasteiger partial charge on any atom is -0.371 e. The average Bonchev–Trinajstić information content (AvgIpc) is 2.55. The number of sulfonamides is 1. The van der Waals surface area contributed by atoms with Crippen molar-refractivity contribution in [2.75, 3.05) is 29.3 Å². The average molecular weight is 331 g/mol. The number of nitrogens with zero attached hydrogens (tertiary/aromatic N) is 3. The smallest absolute Gasteiger partial charge is 0.239 e. The SMILES string of the molecule is CCc1ccc(CS(=O)(=O)N2CCN(C)c3ccncc32)cc1. The van der Waals surface area contributed by atoms with Crippen molar-refractivity contribution in [1.29, 1.82) is 0 Å². The number of fused-ring (bicyclic) bond motifs is 1. The molecule has 2 heterocycles. The quantitative estimate of drug-likeness (QED) is 0.863. The van der Waals surface area contributed by atoms with E-state index in [0.29, 0.717) is 18.8 Å². The van der Waals surface area contributed by atoms with Crippen LogP contribution in [0.3, 0.4) is 0 Å². The Bertz CT molecular complexity index is 788. The second-order valence-electron chi connectivity index (χ2n) is 5.78. The van der Waals surface area contributed by atoms with Crippen LogP contribution in [0.25, 0.3) is 0 Å². The van der Waals surface area contributed by atoms with Crippen LogP contribution in [-0.4, -0.2) is 33.5 Å². The van der Waals surface area contributed by atoms with Gasteiger partial charge in [-0.05, 0) is 23.6 Å². The molecule has 1 aromatic heterocycles. The van der Waals surface area contributed by atoms with Crippen LogP contribution in [-0.2, 0) is 22.2 Å². The zero-order valence-electron chi connectivity index (χ0n) is 13.4. The monoisotopic (exact) mass is 331 g/mol. The molecule has 1 aromatic carbocycles. The molecule has 3 rings (SSSR count). The molecule has 0 saturated carbocycles. The number of pyridine rings is 1. The number of hydrogen-bond donors (Lipinski definition) is 0. The number of benzene rings is 1. The lowest BCUT2D eigenvalue weighted by molar-refractivity contribution is 0.588. The third-order valence-electron chi connectivity index (χ3n) is 4.21. The second kappa shape index (κ2) is 6.20. The van der Waals surface area contributed by atoms with Crippen LogP contribution >= 0.6 is 0 Å². The molecule has 23 heavy (non-hydrogen) atoms. The highest BCUT2D eigenvalue weighted by atomic mass is 32.2. The van der Waals surface area contributed by atoms with Gasteiger partial charge in [0.15, 0.2) is 0 Å². The van der Waals surface area contributed by atoms with E-state index in [4.69, 9.17) is 0 Å². The summed E-state index contributed by atoms with van der Waals surface area (Å²) in [4.78, 5) is 6.15. The number of aryl methyl sites for hydroxylation is 1. The summed E-state index contributed by atoms with van der Waals surface area (Å²) >= 11 is 0. The molecular formula is C17H21N3O2S.